The number of fused-ring (bicyclic) bond motifs is 1. The van der Waals surface area contributed by atoms with Gasteiger partial charge in [0.25, 0.3) is 0 Å². The lowest BCUT2D eigenvalue weighted by Gasteiger charge is -2.42. The molecule has 232 valence electrons. The number of hydrogen-bond acceptors (Lipinski definition) is 10. The van der Waals surface area contributed by atoms with Crippen LogP contribution in [0.15, 0.2) is 77.6 Å². The van der Waals surface area contributed by atoms with Crippen molar-refractivity contribution in [2.45, 2.75) is 85.1 Å². The molecule has 10 nitrogen and oxygen atoms in total. The second-order valence-electron chi connectivity index (χ2n) is 11.0. The Kier molecular flexibility index (Phi) is 11.5. The molecule has 2 aliphatic rings. The molecule has 0 fully saturated rings. The molecule has 0 unspecified atom stereocenters. The van der Waals surface area contributed by atoms with Crippen LogP contribution in [-0.2, 0) is 38.1 Å². The highest BCUT2D eigenvalue weighted by Crippen LogP contribution is 2.44. The van der Waals surface area contributed by atoms with Crippen molar-refractivity contribution in [3.63, 3.8) is 0 Å². The van der Waals surface area contributed by atoms with E-state index in [4.69, 9.17) is 23.7 Å². The van der Waals surface area contributed by atoms with E-state index in [1.807, 2.05) is 20.8 Å². The van der Waals surface area contributed by atoms with Gasteiger partial charge in [-0.05, 0) is 63.5 Å². The van der Waals surface area contributed by atoms with E-state index in [0.29, 0.717) is 24.0 Å². The summed E-state index contributed by atoms with van der Waals surface area (Å²) in [6, 6.07) is 8.39. The zero-order valence-electron chi connectivity index (χ0n) is 25.4. The first-order valence-corrected chi connectivity index (χ1v) is 14.1. The topological polar surface area (TPSA) is 135 Å². The Hall–Kier alpha value is -4.18. The van der Waals surface area contributed by atoms with E-state index >= 15 is 0 Å². The van der Waals surface area contributed by atoms with Gasteiger partial charge in [-0.3, -0.25) is 14.4 Å². The van der Waals surface area contributed by atoms with Crippen molar-refractivity contribution in [3.05, 3.63) is 83.2 Å². The Morgan fingerprint density at radius 1 is 0.977 bits per heavy atom. The van der Waals surface area contributed by atoms with Gasteiger partial charge in [-0.2, -0.15) is 0 Å². The van der Waals surface area contributed by atoms with Crippen LogP contribution in [0, 0.1) is 11.8 Å². The molecule has 1 aromatic rings. The van der Waals surface area contributed by atoms with Gasteiger partial charge < -0.3 is 28.8 Å². The van der Waals surface area contributed by atoms with Crippen molar-refractivity contribution >= 4 is 23.9 Å². The van der Waals surface area contributed by atoms with Gasteiger partial charge in [-0.1, -0.05) is 35.9 Å². The van der Waals surface area contributed by atoms with Crippen molar-refractivity contribution in [1.29, 1.82) is 0 Å². The first kappa shape index (κ1) is 33.3. The molecule has 1 aliphatic heterocycles. The van der Waals surface area contributed by atoms with Gasteiger partial charge in [0.15, 0.2) is 18.3 Å². The second kappa shape index (κ2) is 14.8. The zero-order valence-corrected chi connectivity index (χ0v) is 25.4. The molecule has 0 aromatic heterocycles. The van der Waals surface area contributed by atoms with Crippen LogP contribution >= 0.6 is 0 Å². The normalized spacial score (nSPS) is 26.1. The van der Waals surface area contributed by atoms with Gasteiger partial charge in [0.1, 0.15) is 6.10 Å². The summed E-state index contributed by atoms with van der Waals surface area (Å²) in [5, 5.41) is 11.6. The van der Waals surface area contributed by atoms with Crippen LogP contribution in [0.4, 0.5) is 0 Å². The molecular formula is C33H40O10. The lowest BCUT2D eigenvalue weighted by atomic mass is 9.73. The van der Waals surface area contributed by atoms with Crippen LogP contribution in [-0.4, -0.2) is 59.7 Å². The first-order valence-electron chi connectivity index (χ1n) is 14.1. The minimum Gasteiger partial charge on any atom is -0.462 e. The summed E-state index contributed by atoms with van der Waals surface area (Å²) in [7, 11) is 0. The molecule has 10 heteroatoms. The van der Waals surface area contributed by atoms with E-state index in [1.54, 1.807) is 42.5 Å². The van der Waals surface area contributed by atoms with E-state index in [-0.39, 0.29) is 5.57 Å². The molecule has 0 bridgehead atoms. The fourth-order valence-corrected chi connectivity index (χ4v) is 5.35. The minimum atomic E-state index is -1.41. The maximum absolute atomic E-state index is 13.0. The number of rotatable bonds is 8. The third-order valence-electron chi connectivity index (χ3n) is 7.17. The molecule has 0 radical (unpaired) electrons. The van der Waals surface area contributed by atoms with Crippen LogP contribution in [0.25, 0.3) is 0 Å². The average molecular weight is 597 g/mol. The van der Waals surface area contributed by atoms with Crippen LogP contribution in [0.5, 0.6) is 0 Å². The monoisotopic (exact) mass is 596 g/mol. The van der Waals surface area contributed by atoms with E-state index in [9.17, 15) is 24.3 Å². The van der Waals surface area contributed by atoms with E-state index < -0.39 is 66.4 Å². The highest BCUT2D eigenvalue weighted by molar-refractivity contribution is 5.89. The number of esters is 4. The van der Waals surface area contributed by atoms with E-state index in [2.05, 4.69) is 6.58 Å². The summed E-state index contributed by atoms with van der Waals surface area (Å²) in [5.74, 6) is -3.85. The Morgan fingerprint density at radius 3 is 2.21 bits per heavy atom. The van der Waals surface area contributed by atoms with Crippen LogP contribution in [0.3, 0.4) is 0 Å². The van der Waals surface area contributed by atoms with Crippen LogP contribution in [0.1, 0.15) is 64.7 Å². The number of carbonyl (C=O) groups is 4. The smallest absolute Gasteiger partial charge is 0.338 e. The number of ether oxygens (including phenoxy) is 5. The fourth-order valence-electron chi connectivity index (χ4n) is 5.35. The van der Waals surface area contributed by atoms with Gasteiger partial charge in [0.2, 0.25) is 6.29 Å². The zero-order chi connectivity index (χ0) is 31.8. The minimum absolute atomic E-state index is 0.187. The second-order valence-corrected chi connectivity index (χ2v) is 11.0. The molecule has 0 amide bonds. The van der Waals surface area contributed by atoms with E-state index in [0.717, 1.165) is 11.1 Å². The molecule has 1 heterocycles. The predicted octanol–water partition coefficient (Wildman–Crippen LogP) is 4.73. The maximum atomic E-state index is 13.0. The molecule has 1 N–H and O–H groups in total. The Morgan fingerprint density at radius 2 is 1.63 bits per heavy atom. The Balaban J connectivity index is 2.09. The van der Waals surface area contributed by atoms with Gasteiger partial charge in [-0.15, -0.1) is 0 Å². The molecule has 43 heavy (non-hydrogen) atoms. The Labute approximate surface area is 252 Å². The lowest BCUT2D eigenvalue weighted by Crippen LogP contribution is -2.47. The summed E-state index contributed by atoms with van der Waals surface area (Å²) in [6.45, 7) is 13.4. The van der Waals surface area contributed by atoms with E-state index in [1.165, 1.54) is 27.0 Å². The van der Waals surface area contributed by atoms with Gasteiger partial charge in [0, 0.05) is 32.3 Å². The number of benzene rings is 1. The highest BCUT2D eigenvalue weighted by atomic mass is 16.7. The molecule has 1 aliphatic carbocycles. The number of aliphatic hydroxyl groups is 1. The summed E-state index contributed by atoms with van der Waals surface area (Å²) in [6.07, 6.45) is -0.189. The van der Waals surface area contributed by atoms with Gasteiger partial charge in [-0.25, -0.2) is 4.79 Å². The Bertz CT molecular complexity index is 1300. The summed E-state index contributed by atoms with van der Waals surface area (Å²) in [4.78, 5) is 49.4. The van der Waals surface area contributed by atoms with Gasteiger partial charge in [0.05, 0.1) is 17.7 Å². The van der Waals surface area contributed by atoms with Crippen molar-refractivity contribution in [2.24, 2.45) is 11.8 Å². The molecule has 1 aromatic carbocycles. The molecule has 0 spiro atoms. The van der Waals surface area contributed by atoms with Crippen molar-refractivity contribution in [1.82, 2.24) is 0 Å². The molecular weight excluding hydrogens is 556 g/mol. The number of allylic oxidation sites excluding steroid dienone is 2. The number of aliphatic hydroxyl groups excluding tert-OH is 1. The average Bonchev–Trinajstić information content (AvgIpc) is 2.96. The first-order chi connectivity index (χ1) is 20.3. The largest absolute Gasteiger partial charge is 0.462 e. The van der Waals surface area contributed by atoms with Crippen molar-refractivity contribution in [2.75, 3.05) is 0 Å². The lowest BCUT2D eigenvalue weighted by molar-refractivity contribution is -0.184. The van der Waals surface area contributed by atoms with Gasteiger partial charge >= 0.3 is 23.9 Å². The quantitative estimate of drug-likeness (QED) is 0.255. The van der Waals surface area contributed by atoms with Crippen LogP contribution < -0.4 is 0 Å². The molecule has 3 rings (SSSR count). The number of hydrogen-bond donors (Lipinski definition) is 1. The van der Waals surface area contributed by atoms with Crippen molar-refractivity contribution < 1.29 is 48.0 Å². The summed E-state index contributed by atoms with van der Waals surface area (Å²) in [5.41, 5.74) is 2.58. The third kappa shape index (κ3) is 8.90. The fraction of sp³-hybridized carbons (Fsp3) is 0.455. The molecule has 0 saturated carbocycles. The molecule has 0 saturated heterocycles. The SMILES string of the molecule is C=C1[C@@H]2[C@@H](OC(C)=O)OC=C([C@H](OC(C)=O)[C@@H](C=C(C)C)OC(C)=O)[C@H]2CC/C(C)=C/[C@H](OC(=O)c2ccccc2)[C@H]1O. The van der Waals surface area contributed by atoms with Crippen LogP contribution in [0.2, 0.25) is 0 Å². The number of carbonyl (C=O) groups excluding carboxylic acids is 4. The highest BCUT2D eigenvalue weighted by Gasteiger charge is 2.48. The summed E-state index contributed by atoms with van der Waals surface area (Å²) >= 11 is 0. The molecule has 7 atom stereocenters. The van der Waals surface area contributed by atoms with Crippen molar-refractivity contribution in [3.8, 4) is 0 Å². The maximum Gasteiger partial charge on any atom is 0.338 e. The summed E-state index contributed by atoms with van der Waals surface area (Å²) < 4.78 is 28.5. The standard InChI is InChI=1S/C33H40O10/c1-18(2)15-28(40-21(5)34)31(41-22(6)35)26-17-39-33(42-23(7)36)29-20(4)30(37)27(16-19(3)13-14-25(26)29)43-32(38)24-11-9-8-10-12-24/h8-12,15-17,25,27-31,33,37H,4,13-14H2,1-3,5-7H3/b19-16+/t25-,27+,28-,29+,30+,31+,33-/m1/s1. The predicted molar refractivity (Wildman–Crippen MR) is 156 cm³/mol. The third-order valence-corrected chi connectivity index (χ3v) is 7.17.